The zero-order valence-corrected chi connectivity index (χ0v) is 12.6. The summed E-state index contributed by atoms with van der Waals surface area (Å²) in [5.41, 5.74) is 1.21. The van der Waals surface area contributed by atoms with Gasteiger partial charge in [0.05, 0.1) is 15.5 Å². The van der Waals surface area contributed by atoms with Crippen LogP contribution in [0.15, 0.2) is 16.6 Å². The second-order valence-electron chi connectivity index (χ2n) is 4.44. The molecular formula is C12H11BrF4N2S. The first-order chi connectivity index (χ1) is 9.28. The lowest BCUT2D eigenvalue weighted by atomic mass is 10.2. The van der Waals surface area contributed by atoms with Crippen LogP contribution in [-0.2, 0) is 6.54 Å². The average Bonchev–Trinajstić information content (AvgIpc) is 2.60. The Morgan fingerprint density at radius 3 is 2.60 bits per heavy atom. The van der Waals surface area contributed by atoms with E-state index in [9.17, 15) is 17.6 Å². The summed E-state index contributed by atoms with van der Waals surface area (Å²) in [6.07, 6.45) is -4.54. The molecule has 0 saturated carbocycles. The number of hydrogen-bond acceptors (Lipinski definition) is 1. The van der Waals surface area contributed by atoms with Gasteiger partial charge < -0.3 is 9.55 Å². The van der Waals surface area contributed by atoms with Crippen molar-refractivity contribution in [2.75, 3.05) is 0 Å². The van der Waals surface area contributed by atoms with Crippen LogP contribution < -0.4 is 0 Å². The highest BCUT2D eigenvalue weighted by molar-refractivity contribution is 9.10. The molecule has 20 heavy (non-hydrogen) atoms. The number of halogens is 5. The fourth-order valence-corrected chi connectivity index (χ4v) is 2.60. The van der Waals surface area contributed by atoms with Crippen LogP contribution in [0, 0.1) is 10.6 Å². The standard InChI is InChI=1S/C12H11BrF4N2S/c13-7-5-10-9(6-8(7)14)18-11(20)19(10)4-2-1-3-12(15,16)17/h5-6H,1-4H2,(H,18,20). The molecular weight excluding hydrogens is 360 g/mol. The Kier molecular flexibility index (Phi) is 4.53. The van der Waals surface area contributed by atoms with Crippen LogP contribution in [0.1, 0.15) is 19.3 Å². The van der Waals surface area contributed by atoms with Crippen molar-refractivity contribution in [3.05, 3.63) is 27.2 Å². The van der Waals surface area contributed by atoms with Gasteiger partial charge in [-0.25, -0.2) is 4.39 Å². The van der Waals surface area contributed by atoms with Crippen LogP contribution in [0.5, 0.6) is 0 Å². The molecule has 1 heterocycles. The molecule has 0 saturated heterocycles. The van der Waals surface area contributed by atoms with E-state index in [1.165, 1.54) is 6.07 Å². The Labute approximate surface area is 125 Å². The van der Waals surface area contributed by atoms with E-state index >= 15 is 0 Å². The lowest BCUT2D eigenvalue weighted by Gasteiger charge is -2.07. The normalized spacial score (nSPS) is 12.2. The largest absolute Gasteiger partial charge is 0.389 e. The number of H-pyrrole nitrogens is 1. The maximum absolute atomic E-state index is 13.4. The number of fused-ring (bicyclic) bond motifs is 1. The molecule has 0 atom stereocenters. The highest BCUT2D eigenvalue weighted by atomic mass is 79.9. The molecule has 0 unspecified atom stereocenters. The topological polar surface area (TPSA) is 20.7 Å². The SMILES string of the molecule is Fc1cc2[nH]c(=S)n(CCCCC(F)(F)F)c2cc1Br. The van der Waals surface area contributed by atoms with E-state index in [0.29, 0.717) is 33.2 Å². The number of aromatic amines is 1. The van der Waals surface area contributed by atoms with Gasteiger partial charge in [0.1, 0.15) is 5.82 Å². The van der Waals surface area contributed by atoms with E-state index < -0.39 is 18.4 Å². The Bertz CT molecular complexity index is 674. The van der Waals surface area contributed by atoms with Crippen molar-refractivity contribution in [2.45, 2.75) is 32.0 Å². The Morgan fingerprint density at radius 2 is 1.95 bits per heavy atom. The predicted octanol–water partition coefficient (Wildman–Crippen LogP) is 5.33. The van der Waals surface area contributed by atoms with Gasteiger partial charge >= 0.3 is 6.18 Å². The molecule has 2 aromatic rings. The van der Waals surface area contributed by atoms with Gasteiger partial charge in [0.25, 0.3) is 0 Å². The number of nitrogens with zero attached hydrogens (tertiary/aromatic N) is 1. The minimum atomic E-state index is -4.13. The van der Waals surface area contributed by atoms with Crippen molar-refractivity contribution in [2.24, 2.45) is 0 Å². The number of imidazole rings is 1. The van der Waals surface area contributed by atoms with Gasteiger partial charge in [-0.05, 0) is 47.1 Å². The lowest BCUT2D eigenvalue weighted by Crippen LogP contribution is -2.07. The van der Waals surface area contributed by atoms with Gasteiger partial charge in [-0.15, -0.1) is 0 Å². The van der Waals surface area contributed by atoms with E-state index in [1.807, 2.05) is 0 Å². The minimum Gasteiger partial charge on any atom is -0.330 e. The van der Waals surface area contributed by atoms with Crippen molar-refractivity contribution in [1.82, 2.24) is 9.55 Å². The fraction of sp³-hybridized carbons (Fsp3) is 0.417. The highest BCUT2D eigenvalue weighted by Gasteiger charge is 2.25. The molecule has 0 fully saturated rings. The number of alkyl halides is 3. The van der Waals surface area contributed by atoms with Crippen LogP contribution in [-0.4, -0.2) is 15.7 Å². The monoisotopic (exact) mass is 370 g/mol. The second-order valence-corrected chi connectivity index (χ2v) is 5.68. The van der Waals surface area contributed by atoms with Crippen LogP contribution in [0.3, 0.4) is 0 Å². The molecule has 0 aliphatic rings. The molecule has 1 N–H and O–H groups in total. The van der Waals surface area contributed by atoms with Crippen molar-refractivity contribution in [3.8, 4) is 0 Å². The molecule has 0 bridgehead atoms. The van der Waals surface area contributed by atoms with Crippen LogP contribution in [0.25, 0.3) is 11.0 Å². The van der Waals surface area contributed by atoms with E-state index in [2.05, 4.69) is 20.9 Å². The quantitative estimate of drug-likeness (QED) is 0.438. The number of nitrogens with one attached hydrogen (secondary N) is 1. The molecule has 2 rings (SSSR count). The summed E-state index contributed by atoms with van der Waals surface area (Å²) in [5.74, 6) is -0.419. The summed E-state index contributed by atoms with van der Waals surface area (Å²) in [7, 11) is 0. The van der Waals surface area contributed by atoms with Gasteiger partial charge in [-0.3, -0.25) is 0 Å². The van der Waals surface area contributed by atoms with E-state index in [0.717, 1.165) is 0 Å². The smallest absolute Gasteiger partial charge is 0.330 e. The van der Waals surface area contributed by atoms with Gasteiger partial charge in [-0.2, -0.15) is 13.2 Å². The van der Waals surface area contributed by atoms with Crippen LogP contribution >= 0.6 is 28.1 Å². The molecule has 1 aromatic carbocycles. The summed E-state index contributed by atoms with van der Waals surface area (Å²) in [6, 6.07) is 2.88. The molecule has 0 radical (unpaired) electrons. The zero-order valence-electron chi connectivity index (χ0n) is 10.2. The Balaban J connectivity index is 2.16. The molecule has 0 aliphatic heterocycles. The van der Waals surface area contributed by atoms with Gasteiger partial charge in [0.15, 0.2) is 4.77 Å². The molecule has 2 nitrogen and oxygen atoms in total. The van der Waals surface area contributed by atoms with Crippen molar-refractivity contribution in [3.63, 3.8) is 0 Å². The molecule has 8 heteroatoms. The molecule has 0 aliphatic carbocycles. The third-order valence-corrected chi connectivity index (χ3v) is 3.84. The molecule has 110 valence electrons. The van der Waals surface area contributed by atoms with E-state index in [1.54, 1.807) is 10.6 Å². The maximum atomic E-state index is 13.4. The number of hydrogen-bond donors (Lipinski definition) is 1. The third-order valence-electron chi connectivity index (χ3n) is 2.91. The number of benzene rings is 1. The van der Waals surface area contributed by atoms with Gasteiger partial charge in [0, 0.05) is 19.0 Å². The number of aromatic nitrogens is 2. The molecule has 0 spiro atoms. The van der Waals surface area contributed by atoms with E-state index in [4.69, 9.17) is 12.2 Å². The van der Waals surface area contributed by atoms with Crippen molar-refractivity contribution < 1.29 is 17.6 Å². The highest BCUT2D eigenvalue weighted by Crippen LogP contribution is 2.25. The molecule has 0 amide bonds. The van der Waals surface area contributed by atoms with Crippen molar-refractivity contribution >= 4 is 39.2 Å². The zero-order chi connectivity index (χ0) is 14.9. The fourth-order valence-electron chi connectivity index (χ4n) is 1.97. The second kappa shape index (κ2) is 5.85. The van der Waals surface area contributed by atoms with Crippen LogP contribution in [0.2, 0.25) is 0 Å². The summed E-state index contributed by atoms with van der Waals surface area (Å²) < 4.78 is 52.0. The van der Waals surface area contributed by atoms with Gasteiger partial charge in [-0.1, -0.05) is 0 Å². The Hall–Kier alpha value is -0.890. The summed E-state index contributed by atoms with van der Waals surface area (Å²) in [4.78, 5) is 2.85. The van der Waals surface area contributed by atoms with Gasteiger partial charge in [0.2, 0.25) is 0 Å². The first kappa shape index (κ1) is 15.5. The summed E-state index contributed by atoms with van der Waals surface area (Å²) >= 11 is 8.19. The number of rotatable bonds is 4. The van der Waals surface area contributed by atoms with Crippen molar-refractivity contribution in [1.29, 1.82) is 0 Å². The Morgan fingerprint density at radius 1 is 1.25 bits per heavy atom. The lowest BCUT2D eigenvalue weighted by molar-refractivity contribution is -0.135. The first-order valence-corrected chi connectivity index (χ1v) is 7.12. The first-order valence-electron chi connectivity index (χ1n) is 5.92. The number of unbranched alkanes of at least 4 members (excludes halogenated alkanes) is 1. The third kappa shape index (κ3) is 3.60. The summed E-state index contributed by atoms with van der Waals surface area (Å²) in [5, 5.41) is 0. The average molecular weight is 371 g/mol. The van der Waals surface area contributed by atoms with E-state index in [-0.39, 0.29) is 6.42 Å². The minimum absolute atomic E-state index is 0.0420. The molecule has 1 aromatic heterocycles. The predicted molar refractivity (Wildman–Crippen MR) is 74.7 cm³/mol. The van der Waals surface area contributed by atoms with Crippen LogP contribution in [0.4, 0.5) is 17.6 Å². The number of aryl methyl sites for hydroxylation is 1. The maximum Gasteiger partial charge on any atom is 0.389 e. The summed E-state index contributed by atoms with van der Waals surface area (Å²) in [6.45, 7) is 0.368.